The van der Waals surface area contributed by atoms with Crippen molar-refractivity contribution < 1.29 is 4.79 Å². The summed E-state index contributed by atoms with van der Waals surface area (Å²) in [4.78, 5) is 16.3. The maximum absolute atomic E-state index is 12.3. The molecule has 5 heteroatoms. The normalized spacial score (nSPS) is 12.1. The topological polar surface area (TPSA) is 29.4 Å². The summed E-state index contributed by atoms with van der Waals surface area (Å²) in [6, 6.07) is 4.33. The van der Waals surface area contributed by atoms with Crippen molar-refractivity contribution in [3.8, 4) is 0 Å². The van der Waals surface area contributed by atoms with Crippen LogP contribution in [0.25, 0.3) is 0 Å². The summed E-state index contributed by atoms with van der Waals surface area (Å²) in [7, 11) is 0. The van der Waals surface area contributed by atoms with E-state index in [-0.39, 0.29) is 5.78 Å². The first kappa shape index (κ1) is 16.3. The van der Waals surface area contributed by atoms with Crippen LogP contribution < -0.4 is 0 Å². The SMILES string of the molecule is CC(C)CCC(N=C=S)C(=O)c1ccc(Cl)c(Cl)c1. The van der Waals surface area contributed by atoms with Gasteiger partial charge in [-0.05, 0) is 49.2 Å². The van der Waals surface area contributed by atoms with Gasteiger partial charge in [0.25, 0.3) is 0 Å². The number of rotatable bonds is 6. The van der Waals surface area contributed by atoms with Gasteiger partial charge in [0, 0.05) is 5.56 Å². The minimum absolute atomic E-state index is 0.100. The molecule has 1 aromatic carbocycles. The Bertz CT molecular complexity index is 510. The van der Waals surface area contributed by atoms with E-state index in [0.29, 0.717) is 27.9 Å². The van der Waals surface area contributed by atoms with Crippen LogP contribution in [0.15, 0.2) is 23.2 Å². The maximum atomic E-state index is 12.3. The van der Waals surface area contributed by atoms with E-state index in [9.17, 15) is 4.79 Å². The maximum Gasteiger partial charge on any atom is 0.188 e. The highest BCUT2D eigenvalue weighted by atomic mass is 35.5. The van der Waals surface area contributed by atoms with Crippen LogP contribution in [0.3, 0.4) is 0 Å². The summed E-state index contributed by atoms with van der Waals surface area (Å²) >= 11 is 16.4. The zero-order valence-corrected chi connectivity index (χ0v) is 13.1. The third kappa shape index (κ3) is 5.04. The van der Waals surface area contributed by atoms with E-state index >= 15 is 0 Å². The molecule has 1 atom stereocenters. The minimum atomic E-state index is -0.489. The van der Waals surface area contributed by atoms with E-state index in [1.165, 1.54) is 0 Å². The predicted molar refractivity (Wildman–Crippen MR) is 83.7 cm³/mol. The van der Waals surface area contributed by atoms with Gasteiger partial charge in [-0.25, -0.2) is 4.99 Å². The van der Waals surface area contributed by atoms with Gasteiger partial charge in [0.1, 0.15) is 6.04 Å². The van der Waals surface area contributed by atoms with Crippen molar-refractivity contribution in [2.45, 2.75) is 32.7 Å². The molecule has 0 saturated heterocycles. The molecule has 0 aromatic heterocycles. The molecule has 0 fully saturated rings. The zero-order chi connectivity index (χ0) is 14.4. The second-order valence-corrected chi connectivity index (χ2v) is 5.70. The van der Waals surface area contributed by atoms with Crippen molar-refractivity contribution in [2.75, 3.05) is 0 Å². The lowest BCUT2D eigenvalue weighted by atomic mass is 9.97. The second-order valence-electron chi connectivity index (χ2n) is 4.70. The standard InChI is InChI=1S/C14H15Cl2NOS/c1-9(2)3-6-13(17-8-19)14(18)10-4-5-11(15)12(16)7-10/h4-5,7,9,13H,3,6H2,1-2H3. The molecule has 0 bridgehead atoms. The molecule has 0 spiro atoms. The van der Waals surface area contributed by atoms with Crippen molar-refractivity contribution in [3.63, 3.8) is 0 Å². The average Bonchev–Trinajstić information content (AvgIpc) is 2.36. The van der Waals surface area contributed by atoms with Gasteiger partial charge in [0.2, 0.25) is 0 Å². The van der Waals surface area contributed by atoms with Crippen LogP contribution in [0.5, 0.6) is 0 Å². The molecule has 19 heavy (non-hydrogen) atoms. The Morgan fingerprint density at radius 1 is 1.32 bits per heavy atom. The Morgan fingerprint density at radius 2 is 2.00 bits per heavy atom. The lowest BCUT2D eigenvalue weighted by Gasteiger charge is -2.12. The second kappa shape index (κ2) is 7.76. The Labute approximate surface area is 128 Å². The van der Waals surface area contributed by atoms with Gasteiger partial charge in [-0.2, -0.15) is 0 Å². The van der Waals surface area contributed by atoms with Gasteiger partial charge in [-0.3, -0.25) is 4.79 Å². The Balaban J connectivity index is 2.92. The zero-order valence-electron chi connectivity index (χ0n) is 10.8. The molecule has 0 amide bonds. The van der Waals surface area contributed by atoms with Gasteiger partial charge in [-0.1, -0.05) is 37.0 Å². The van der Waals surface area contributed by atoms with Crippen LogP contribution in [-0.2, 0) is 0 Å². The Kier molecular flexibility index (Phi) is 6.67. The number of carbonyl (C=O) groups excluding carboxylic acids is 1. The quantitative estimate of drug-likeness (QED) is 0.416. The number of thiocarbonyl (C=S) groups is 1. The molecule has 102 valence electrons. The summed E-state index contributed by atoms with van der Waals surface area (Å²) in [6.45, 7) is 4.20. The van der Waals surface area contributed by atoms with Crippen LogP contribution in [0.2, 0.25) is 10.0 Å². The molecular weight excluding hydrogens is 301 g/mol. The number of hydrogen-bond acceptors (Lipinski definition) is 3. The van der Waals surface area contributed by atoms with E-state index in [4.69, 9.17) is 23.2 Å². The summed E-state index contributed by atoms with van der Waals surface area (Å²) < 4.78 is 0. The summed E-state index contributed by atoms with van der Waals surface area (Å²) in [5, 5.41) is 3.09. The number of ketones is 1. The number of halogens is 2. The molecule has 2 nitrogen and oxygen atoms in total. The molecule has 1 aromatic rings. The number of carbonyl (C=O) groups is 1. The fourth-order valence-corrected chi connectivity index (χ4v) is 2.08. The number of isothiocyanates is 1. The fourth-order valence-electron chi connectivity index (χ4n) is 1.65. The number of benzene rings is 1. The van der Waals surface area contributed by atoms with Gasteiger partial charge in [-0.15, -0.1) is 0 Å². The number of Topliss-reactive ketones (excluding diaryl/α,β-unsaturated/α-hetero) is 1. The highest BCUT2D eigenvalue weighted by molar-refractivity contribution is 7.78. The number of hydrogen-bond donors (Lipinski definition) is 0. The molecule has 1 rings (SSSR count). The summed E-state index contributed by atoms with van der Waals surface area (Å²) in [5.41, 5.74) is 0.497. The highest BCUT2D eigenvalue weighted by Gasteiger charge is 2.20. The molecule has 0 radical (unpaired) electrons. The molecule has 1 unspecified atom stereocenters. The average molecular weight is 316 g/mol. The Hall–Kier alpha value is -0.730. The van der Waals surface area contributed by atoms with E-state index in [0.717, 1.165) is 6.42 Å². The monoisotopic (exact) mass is 315 g/mol. The lowest BCUT2D eigenvalue weighted by molar-refractivity contribution is 0.0956. The van der Waals surface area contributed by atoms with Crippen molar-refractivity contribution in [3.05, 3.63) is 33.8 Å². The van der Waals surface area contributed by atoms with Crippen LogP contribution in [0.4, 0.5) is 0 Å². The van der Waals surface area contributed by atoms with Gasteiger partial charge in [0.05, 0.1) is 15.2 Å². The van der Waals surface area contributed by atoms with E-state index in [1.54, 1.807) is 18.2 Å². The first-order chi connectivity index (χ1) is 8.95. The van der Waals surface area contributed by atoms with Crippen molar-refractivity contribution in [1.82, 2.24) is 0 Å². The molecule has 0 saturated carbocycles. The predicted octanol–water partition coefficient (Wildman–Crippen LogP) is 5.08. The smallest absolute Gasteiger partial charge is 0.188 e. The first-order valence-corrected chi connectivity index (χ1v) is 7.18. The third-order valence-corrected chi connectivity index (χ3v) is 3.58. The van der Waals surface area contributed by atoms with Gasteiger partial charge in [0.15, 0.2) is 5.78 Å². The van der Waals surface area contributed by atoms with E-state index in [2.05, 4.69) is 36.2 Å². The van der Waals surface area contributed by atoms with Crippen LogP contribution >= 0.6 is 35.4 Å². The Morgan fingerprint density at radius 3 is 2.53 bits per heavy atom. The lowest BCUT2D eigenvalue weighted by Crippen LogP contribution is -2.19. The molecule has 0 heterocycles. The molecule has 0 N–H and O–H groups in total. The molecular formula is C14H15Cl2NOS. The fraction of sp³-hybridized carbons (Fsp3) is 0.429. The van der Waals surface area contributed by atoms with Crippen LogP contribution in [0.1, 0.15) is 37.0 Å². The van der Waals surface area contributed by atoms with E-state index < -0.39 is 6.04 Å². The molecule has 0 aliphatic heterocycles. The van der Waals surface area contributed by atoms with Gasteiger partial charge >= 0.3 is 0 Å². The largest absolute Gasteiger partial charge is 0.292 e. The molecule has 0 aliphatic carbocycles. The van der Waals surface area contributed by atoms with Gasteiger partial charge < -0.3 is 0 Å². The summed E-state index contributed by atoms with van der Waals surface area (Å²) in [5.74, 6) is 0.404. The highest BCUT2D eigenvalue weighted by Crippen LogP contribution is 2.24. The molecule has 0 aliphatic rings. The number of aliphatic imine (C=N–C) groups is 1. The first-order valence-electron chi connectivity index (χ1n) is 6.02. The number of nitrogens with zero attached hydrogens (tertiary/aromatic N) is 1. The van der Waals surface area contributed by atoms with Crippen LogP contribution in [0, 0.1) is 5.92 Å². The van der Waals surface area contributed by atoms with Crippen molar-refractivity contribution >= 4 is 46.4 Å². The third-order valence-electron chi connectivity index (χ3n) is 2.73. The summed E-state index contributed by atoms with van der Waals surface area (Å²) in [6.07, 6.45) is 1.55. The van der Waals surface area contributed by atoms with Crippen LogP contribution in [-0.4, -0.2) is 17.0 Å². The van der Waals surface area contributed by atoms with E-state index in [1.807, 2.05) is 0 Å². The minimum Gasteiger partial charge on any atom is -0.292 e. The van der Waals surface area contributed by atoms with Crippen molar-refractivity contribution in [1.29, 1.82) is 0 Å². The van der Waals surface area contributed by atoms with Crippen molar-refractivity contribution in [2.24, 2.45) is 10.9 Å².